The molecule has 1 N–H and O–H groups in total. The number of hydrogen-bond acceptors (Lipinski definition) is 3. The monoisotopic (exact) mass is 347 g/mol. The molecule has 26 heavy (non-hydrogen) atoms. The van der Waals surface area contributed by atoms with Crippen LogP contribution < -0.4 is 5.32 Å². The molecule has 1 atom stereocenters. The minimum absolute atomic E-state index is 0.0489. The standard InChI is InChI=1S/C20H21N5O/c1-24-14-21-19(23-24)16-7-9-18(10-8-16)22-20(26)25-12-11-17(13-25)15-5-3-2-4-6-15/h2-10,14,17H,11-13H2,1H3,(H,22,26). The van der Waals surface area contributed by atoms with E-state index in [1.807, 2.05) is 42.3 Å². The van der Waals surface area contributed by atoms with Gasteiger partial charge in [-0.25, -0.2) is 9.78 Å². The molecule has 0 spiro atoms. The van der Waals surface area contributed by atoms with Gasteiger partial charge in [-0.3, -0.25) is 4.68 Å². The average Bonchev–Trinajstić information content (AvgIpc) is 3.32. The van der Waals surface area contributed by atoms with Crippen LogP contribution in [0.4, 0.5) is 10.5 Å². The largest absolute Gasteiger partial charge is 0.324 e. The maximum atomic E-state index is 12.5. The van der Waals surface area contributed by atoms with Gasteiger partial charge in [0, 0.05) is 37.3 Å². The second kappa shape index (κ2) is 7.00. The van der Waals surface area contributed by atoms with Crippen molar-refractivity contribution in [1.29, 1.82) is 0 Å². The van der Waals surface area contributed by atoms with Crippen molar-refractivity contribution in [2.75, 3.05) is 18.4 Å². The Morgan fingerprint density at radius 3 is 2.58 bits per heavy atom. The smallest absolute Gasteiger partial charge is 0.321 e. The number of likely N-dealkylation sites (tertiary alicyclic amines) is 1. The molecular formula is C20H21N5O. The lowest BCUT2D eigenvalue weighted by Gasteiger charge is -2.17. The minimum atomic E-state index is -0.0489. The van der Waals surface area contributed by atoms with Crippen LogP contribution in [0.3, 0.4) is 0 Å². The molecule has 1 aromatic heterocycles. The highest BCUT2D eigenvalue weighted by molar-refractivity contribution is 5.89. The molecule has 1 fully saturated rings. The zero-order valence-electron chi connectivity index (χ0n) is 14.7. The lowest BCUT2D eigenvalue weighted by Crippen LogP contribution is -2.32. The maximum Gasteiger partial charge on any atom is 0.321 e. The normalized spacial score (nSPS) is 16.7. The molecular weight excluding hydrogens is 326 g/mol. The van der Waals surface area contributed by atoms with Gasteiger partial charge in [-0.05, 0) is 36.2 Å². The molecule has 0 bridgehead atoms. The summed E-state index contributed by atoms with van der Waals surface area (Å²) in [6, 6.07) is 17.9. The molecule has 2 heterocycles. The second-order valence-corrected chi connectivity index (χ2v) is 6.59. The maximum absolute atomic E-state index is 12.5. The summed E-state index contributed by atoms with van der Waals surface area (Å²) in [6.07, 6.45) is 2.67. The van der Waals surface area contributed by atoms with E-state index in [0.29, 0.717) is 11.7 Å². The molecule has 0 radical (unpaired) electrons. The van der Waals surface area contributed by atoms with E-state index >= 15 is 0 Å². The molecule has 2 aromatic carbocycles. The molecule has 6 heteroatoms. The van der Waals surface area contributed by atoms with Gasteiger partial charge in [-0.1, -0.05) is 30.3 Å². The van der Waals surface area contributed by atoms with Gasteiger partial charge in [0.1, 0.15) is 6.33 Å². The molecule has 0 saturated carbocycles. The first-order valence-corrected chi connectivity index (χ1v) is 8.76. The first-order valence-electron chi connectivity index (χ1n) is 8.76. The lowest BCUT2D eigenvalue weighted by atomic mass is 9.99. The number of carbonyl (C=O) groups excluding carboxylic acids is 1. The van der Waals surface area contributed by atoms with E-state index in [1.165, 1.54) is 5.56 Å². The van der Waals surface area contributed by atoms with Crippen molar-refractivity contribution in [2.45, 2.75) is 12.3 Å². The van der Waals surface area contributed by atoms with E-state index < -0.39 is 0 Å². The molecule has 2 amide bonds. The number of aromatic nitrogens is 3. The van der Waals surface area contributed by atoms with Crippen LogP contribution in [0.2, 0.25) is 0 Å². The fourth-order valence-corrected chi connectivity index (χ4v) is 3.32. The summed E-state index contributed by atoms with van der Waals surface area (Å²) >= 11 is 0. The fraction of sp³-hybridized carbons (Fsp3) is 0.250. The molecule has 4 rings (SSSR count). The number of nitrogens with one attached hydrogen (secondary N) is 1. The van der Waals surface area contributed by atoms with E-state index in [4.69, 9.17) is 0 Å². The summed E-state index contributed by atoms with van der Waals surface area (Å²) in [7, 11) is 1.84. The third-order valence-corrected chi connectivity index (χ3v) is 4.74. The average molecular weight is 347 g/mol. The summed E-state index contributed by atoms with van der Waals surface area (Å²) in [5, 5.41) is 7.26. The number of amides is 2. The highest BCUT2D eigenvalue weighted by Gasteiger charge is 2.27. The van der Waals surface area contributed by atoms with E-state index in [2.05, 4.69) is 39.7 Å². The third kappa shape index (κ3) is 3.44. The summed E-state index contributed by atoms with van der Waals surface area (Å²) in [6.45, 7) is 1.53. The first kappa shape index (κ1) is 16.3. The molecule has 1 aliphatic heterocycles. The number of urea groups is 1. The zero-order chi connectivity index (χ0) is 17.9. The van der Waals surface area contributed by atoms with E-state index in [0.717, 1.165) is 30.8 Å². The number of benzene rings is 2. The molecule has 1 aliphatic rings. The van der Waals surface area contributed by atoms with Crippen molar-refractivity contribution in [1.82, 2.24) is 19.7 Å². The summed E-state index contributed by atoms with van der Waals surface area (Å²) in [5.41, 5.74) is 3.00. The van der Waals surface area contributed by atoms with E-state index in [9.17, 15) is 4.79 Å². The minimum Gasteiger partial charge on any atom is -0.324 e. The highest BCUT2D eigenvalue weighted by atomic mass is 16.2. The Kier molecular flexibility index (Phi) is 4.39. The number of hydrogen-bond donors (Lipinski definition) is 1. The van der Waals surface area contributed by atoms with Crippen molar-refractivity contribution in [3.63, 3.8) is 0 Å². The number of nitrogens with zero attached hydrogens (tertiary/aromatic N) is 4. The van der Waals surface area contributed by atoms with Gasteiger partial charge in [-0.15, -0.1) is 0 Å². The van der Waals surface area contributed by atoms with Crippen LogP contribution >= 0.6 is 0 Å². The van der Waals surface area contributed by atoms with Crippen LogP contribution in [-0.2, 0) is 7.05 Å². The molecule has 1 unspecified atom stereocenters. The predicted molar refractivity (Wildman–Crippen MR) is 101 cm³/mol. The first-order chi connectivity index (χ1) is 12.7. The summed E-state index contributed by atoms with van der Waals surface area (Å²) < 4.78 is 1.67. The van der Waals surface area contributed by atoms with E-state index in [-0.39, 0.29) is 6.03 Å². The van der Waals surface area contributed by atoms with Gasteiger partial charge in [-0.2, -0.15) is 5.10 Å². The number of anilines is 1. The fourth-order valence-electron chi connectivity index (χ4n) is 3.32. The van der Waals surface area contributed by atoms with Crippen molar-refractivity contribution in [3.05, 3.63) is 66.5 Å². The van der Waals surface area contributed by atoms with Crippen LogP contribution in [0.5, 0.6) is 0 Å². The molecule has 3 aromatic rings. The van der Waals surface area contributed by atoms with Crippen LogP contribution in [0.25, 0.3) is 11.4 Å². The van der Waals surface area contributed by atoms with Gasteiger partial charge in [0.2, 0.25) is 0 Å². The SMILES string of the molecule is Cn1cnc(-c2ccc(NC(=O)N3CCC(c4ccccc4)C3)cc2)n1. The van der Waals surface area contributed by atoms with Gasteiger partial charge in [0.25, 0.3) is 0 Å². The van der Waals surface area contributed by atoms with Gasteiger partial charge in [0.15, 0.2) is 5.82 Å². The van der Waals surface area contributed by atoms with Crippen molar-refractivity contribution in [3.8, 4) is 11.4 Å². The van der Waals surface area contributed by atoms with Gasteiger partial charge in [0.05, 0.1) is 0 Å². The number of rotatable bonds is 3. The zero-order valence-corrected chi connectivity index (χ0v) is 14.7. The van der Waals surface area contributed by atoms with Crippen LogP contribution in [-0.4, -0.2) is 38.8 Å². The van der Waals surface area contributed by atoms with Gasteiger partial charge >= 0.3 is 6.03 Å². The summed E-state index contributed by atoms with van der Waals surface area (Å²) in [5.74, 6) is 1.09. The van der Waals surface area contributed by atoms with Crippen LogP contribution in [0.15, 0.2) is 60.9 Å². The third-order valence-electron chi connectivity index (χ3n) is 4.74. The van der Waals surface area contributed by atoms with Crippen LogP contribution in [0, 0.1) is 0 Å². The molecule has 6 nitrogen and oxygen atoms in total. The lowest BCUT2D eigenvalue weighted by molar-refractivity contribution is 0.222. The Morgan fingerprint density at radius 1 is 1.12 bits per heavy atom. The Labute approximate surface area is 152 Å². The molecule has 132 valence electrons. The Bertz CT molecular complexity index is 888. The second-order valence-electron chi connectivity index (χ2n) is 6.59. The molecule has 0 aliphatic carbocycles. The number of carbonyl (C=O) groups is 1. The van der Waals surface area contributed by atoms with Crippen molar-refractivity contribution < 1.29 is 4.79 Å². The van der Waals surface area contributed by atoms with Crippen molar-refractivity contribution in [2.24, 2.45) is 7.05 Å². The predicted octanol–water partition coefficient (Wildman–Crippen LogP) is 3.50. The molecule has 1 saturated heterocycles. The Morgan fingerprint density at radius 2 is 1.88 bits per heavy atom. The topological polar surface area (TPSA) is 63.1 Å². The van der Waals surface area contributed by atoms with E-state index in [1.54, 1.807) is 11.0 Å². The Balaban J connectivity index is 1.38. The highest BCUT2D eigenvalue weighted by Crippen LogP contribution is 2.27. The Hall–Kier alpha value is -3.15. The summed E-state index contributed by atoms with van der Waals surface area (Å²) in [4.78, 5) is 18.7. The quantitative estimate of drug-likeness (QED) is 0.789. The number of aryl methyl sites for hydroxylation is 1. The van der Waals surface area contributed by atoms with Gasteiger partial charge < -0.3 is 10.2 Å². The van der Waals surface area contributed by atoms with Crippen molar-refractivity contribution >= 4 is 11.7 Å². The van der Waals surface area contributed by atoms with Crippen LogP contribution in [0.1, 0.15) is 17.9 Å².